The van der Waals surface area contributed by atoms with E-state index in [2.05, 4.69) is 15.4 Å². The van der Waals surface area contributed by atoms with Gasteiger partial charge in [0.1, 0.15) is 5.76 Å². The Morgan fingerprint density at radius 2 is 2.08 bits per heavy atom. The van der Waals surface area contributed by atoms with E-state index in [1.165, 1.54) is 0 Å². The fourth-order valence-electron chi connectivity index (χ4n) is 2.83. The van der Waals surface area contributed by atoms with Gasteiger partial charge in [-0.1, -0.05) is 22.8 Å². The number of morpholine rings is 1. The topological polar surface area (TPSA) is 67.6 Å². The molecule has 6 nitrogen and oxygen atoms in total. The zero-order chi connectivity index (χ0) is 17.1. The van der Waals surface area contributed by atoms with Crippen LogP contribution in [0.1, 0.15) is 17.0 Å². The number of aryl methyl sites for hydroxylation is 2. The Kier molecular flexibility index (Phi) is 5.06. The van der Waals surface area contributed by atoms with Crippen LogP contribution in [0.2, 0.25) is 5.02 Å². The Bertz CT molecular complexity index is 719. The highest BCUT2D eigenvalue weighted by Crippen LogP contribution is 2.34. The molecule has 0 saturated carbocycles. The second kappa shape index (κ2) is 7.23. The molecule has 0 atom stereocenters. The molecule has 24 heavy (non-hydrogen) atoms. The van der Waals surface area contributed by atoms with Crippen LogP contribution in [0, 0.1) is 13.8 Å². The number of hydrogen-bond acceptors (Lipinski definition) is 5. The summed E-state index contributed by atoms with van der Waals surface area (Å²) in [4.78, 5) is 14.6. The molecule has 1 fully saturated rings. The molecule has 1 saturated heterocycles. The Labute approximate surface area is 145 Å². The molecular weight excluding hydrogens is 330 g/mol. The van der Waals surface area contributed by atoms with Crippen LogP contribution >= 0.6 is 11.6 Å². The summed E-state index contributed by atoms with van der Waals surface area (Å²) in [6.07, 6.45) is 0.218. The SMILES string of the molecule is Cc1noc(C)c1CC(=O)Nc1cccc(Cl)c1N1CCOCC1. The zero-order valence-electron chi connectivity index (χ0n) is 13.8. The van der Waals surface area contributed by atoms with Crippen LogP contribution in [0.25, 0.3) is 0 Å². The first kappa shape index (κ1) is 16.8. The maximum absolute atomic E-state index is 12.5. The number of para-hydroxylation sites is 1. The third-order valence-corrected chi connectivity index (χ3v) is 4.41. The normalized spacial score (nSPS) is 14.7. The Morgan fingerprint density at radius 3 is 2.75 bits per heavy atom. The van der Waals surface area contributed by atoms with Crippen molar-refractivity contribution in [3.05, 3.63) is 40.2 Å². The smallest absolute Gasteiger partial charge is 0.229 e. The van der Waals surface area contributed by atoms with Crippen LogP contribution < -0.4 is 10.2 Å². The van der Waals surface area contributed by atoms with E-state index in [0.717, 1.165) is 30.0 Å². The van der Waals surface area contributed by atoms with Crippen molar-refractivity contribution in [2.45, 2.75) is 20.3 Å². The summed E-state index contributed by atoms with van der Waals surface area (Å²) in [5.41, 5.74) is 3.11. The lowest BCUT2D eigenvalue weighted by Gasteiger charge is -2.31. The molecule has 1 amide bonds. The first-order valence-corrected chi connectivity index (χ1v) is 8.27. The van der Waals surface area contributed by atoms with Crippen molar-refractivity contribution >= 4 is 28.9 Å². The second-order valence-corrected chi connectivity index (χ2v) is 6.17. The molecule has 128 valence electrons. The molecule has 1 N–H and O–H groups in total. The van der Waals surface area contributed by atoms with E-state index in [-0.39, 0.29) is 12.3 Å². The van der Waals surface area contributed by atoms with Gasteiger partial charge >= 0.3 is 0 Å². The van der Waals surface area contributed by atoms with Gasteiger partial charge in [0, 0.05) is 18.7 Å². The van der Waals surface area contributed by atoms with Crippen molar-refractivity contribution in [3.8, 4) is 0 Å². The van der Waals surface area contributed by atoms with Gasteiger partial charge in [-0.15, -0.1) is 0 Å². The molecular formula is C17H20ClN3O3. The maximum Gasteiger partial charge on any atom is 0.229 e. The second-order valence-electron chi connectivity index (χ2n) is 5.76. The largest absolute Gasteiger partial charge is 0.378 e. The van der Waals surface area contributed by atoms with Gasteiger partial charge in [0.15, 0.2) is 0 Å². The fourth-order valence-corrected chi connectivity index (χ4v) is 3.13. The molecule has 1 aromatic heterocycles. The predicted octanol–water partition coefficient (Wildman–Crippen LogP) is 2.96. The summed E-state index contributed by atoms with van der Waals surface area (Å²) in [6, 6.07) is 5.52. The molecule has 2 heterocycles. The summed E-state index contributed by atoms with van der Waals surface area (Å²) in [5, 5.41) is 7.47. The summed E-state index contributed by atoms with van der Waals surface area (Å²) in [6.45, 7) is 6.43. The lowest BCUT2D eigenvalue weighted by atomic mass is 10.1. The Hall–Kier alpha value is -2.05. The summed E-state index contributed by atoms with van der Waals surface area (Å²) >= 11 is 6.38. The van der Waals surface area contributed by atoms with Crippen LogP contribution in [-0.2, 0) is 16.0 Å². The number of benzene rings is 1. The number of nitrogens with zero attached hydrogens (tertiary/aromatic N) is 2. The van der Waals surface area contributed by atoms with Gasteiger partial charge in [-0.25, -0.2) is 0 Å². The van der Waals surface area contributed by atoms with Crippen LogP contribution in [0.15, 0.2) is 22.7 Å². The average molecular weight is 350 g/mol. The van der Waals surface area contributed by atoms with Crippen molar-refractivity contribution in [3.63, 3.8) is 0 Å². The van der Waals surface area contributed by atoms with Crippen molar-refractivity contribution in [2.75, 3.05) is 36.5 Å². The van der Waals surface area contributed by atoms with Gasteiger partial charge in [0.25, 0.3) is 0 Å². The predicted molar refractivity (Wildman–Crippen MR) is 92.8 cm³/mol. The molecule has 1 aromatic carbocycles. The van der Waals surface area contributed by atoms with Crippen molar-refractivity contribution < 1.29 is 14.1 Å². The molecule has 0 aliphatic carbocycles. The molecule has 1 aliphatic heterocycles. The van der Waals surface area contributed by atoms with E-state index in [1.807, 2.05) is 25.1 Å². The minimum atomic E-state index is -0.124. The van der Waals surface area contributed by atoms with E-state index < -0.39 is 0 Å². The van der Waals surface area contributed by atoms with Crippen molar-refractivity contribution in [1.82, 2.24) is 5.16 Å². The number of nitrogens with one attached hydrogen (secondary N) is 1. The summed E-state index contributed by atoms with van der Waals surface area (Å²) in [5.74, 6) is 0.545. The molecule has 0 spiro atoms. The minimum absolute atomic E-state index is 0.124. The third kappa shape index (κ3) is 3.55. The van der Waals surface area contributed by atoms with E-state index in [9.17, 15) is 4.79 Å². The quantitative estimate of drug-likeness (QED) is 0.919. The molecule has 0 radical (unpaired) electrons. The van der Waals surface area contributed by atoms with Crippen LogP contribution in [-0.4, -0.2) is 37.4 Å². The number of rotatable bonds is 4. The highest BCUT2D eigenvalue weighted by atomic mass is 35.5. The van der Waals surface area contributed by atoms with E-state index in [4.69, 9.17) is 20.9 Å². The van der Waals surface area contributed by atoms with Gasteiger partial charge in [-0.3, -0.25) is 4.79 Å². The molecule has 7 heteroatoms. The lowest BCUT2D eigenvalue weighted by Crippen LogP contribution is -2.37. The molecule has 1 aliphatic rings. The number of halogens is 1. The maximum atomic E-state index is 12.5. The van der Waals surface area contributed by atoms with E-state index in [1.54, 1.807) is 6.92 Å². The van der Waals surface area contributed by atoms with Crippen molar-refractivity contribution in [1.29, 1.82) is 0 Å². The monoisotopic (exact) mass is 349 g/mol. The van der Waals surface area contributed by atoms with Crippen LogP contribution in [0.3, 0.4) is 0 Å². The number of ether oxygens (including phenoxy) is 1. The number of carbonyl (C=O) groups is 1. The summed E-state index contributed by atoms with van der Waals surface area (Å²) < 4.78 is 10.5. The standard InChI is InChI=1S/C17H20ClN3O3/c1-11-13(12(2)24-20-11)10-16(22)19-15-5-3-4-14(18)17(15)21-6-8-23-9-7-21/h3-5H,6-10H2,1-2H3,(H,19,22). The van der Waals surface area contributed by atoms with E-state index in [0.29, 0.717) is 29.7 Å². The Balaban J connectivity index is 1.79. The van der Waals surface area contributed by atoms with Crippen molar-refractivity contribution in [2.24, 2.45) is 0 Å². The molecule has 3 rings (SSSR count). The lowest BCUT2D eigenvalue weighted by molar-refractivity contribution is -0.115. The minimum Gasteiger partial charge on any atom is -0.378 e. The molecule has 0 bridgehead atoms. The molecule has 0 unspecified atom stereocenters. The highest BCUT2D eigenvalue weighted by molar-refractivity contribution is 6.34. The van der Waals surface area contributed by atoms with E-state index >= 15 is 0 Å². The van der Waals surface area contributed by atoms with Gasteiger partial charge in [0.2, 0.25) is 5.91 Å². The molecule has 2 aromatic rings. The van der Waals surface area contributed by atoms with Gasteiger partial charge in [-0.2, -0.15) is 0 Å². The number of aromatic nitrogens is 1. The van der Waals surface area contributed by atoms with Gasteiger partial charge in [0.05, 0.1) is 41.7 Å². The highest BCUT2D eigenvalue weighted by Gasteiger charge is 2.20. The van der Waals surface area contributed by atoms with Crippen LogP contribution in [0.4, 0.5) is 11.4 Å². The zero-order valence-corrected chi connectivity index (χ0v) is 14.5. The first-order chi connectivity index (χ1) is 11.6. The third-order valence-electron chi connectivity index (χ3n) is 4.11. The fraction of sp³-hybridized carbons (Fsp3) is 0.412. The Morgan fingerprint density at radius 1 is 1.33 bits per heavy atom. The summed E-state index contributed by atoms with van der Waals surface area (Å²) in [7, 11) is 0. The van der Waals surface area contributed by atoms with Crippen LogP contribution in [0.5, 0.6) is 0 Å². The number of hydrogen-bond donors (Lipinski definition) is 1. The number of amides is 1. The average Bonchev–Trinajstić information content (AvgIpc) is 2.88. The number of carbonyl (C=O) groups excluding carboxylic acids is 1. The number of anilines is 2. The first-order valence-electron chi connectivity index (χ1n) is 7.89. The van der Waals surface area contributed by atoms with Gasteiger partial charge in [-0.05, 0) is 26.0 Å². The van der Waals surface area contributed by atoms with Gasteiger partial charge < -0.3 is 19.5 Å².